The average Bonchev–Trinajstić information content (AvgIpc) is 3.34. The standard InChI is InChI=1S/C32H30FN3O/c1-24-16-19-36-30(22-34-31(36)20-24)28(27-14-8-9-15-29(27)33)21-32(37)35(23-26-12-6-3-7-13-26)18-17-25-10-4-2-5-11-25/h2-16,19-20,22,28H,17-18,21,23H2,1H3. The second-order valence-electron chi connectivity index (χ2n) is 9.43. The Hall–Kier alpha value is -4.25. The van der Waals surface area contributed by atoms with Crippen LogP contribution in [0, 0.1) is 12.7 Å². The Morgan fingerprint density at radius 1 is 0.919 bits per heavy atom. The van der Waals surface area contributed by atoms with E-state index in [0.29, 0.717) is 18.7 Å². The highest BCUT2D eigenvalue weighted by atomic mass is 19.1. The van der Waals surface area contributed by atoms with Gasteiger partial charge in [0, 0.05) is 37.8 Å². The van der Waals surface area contributed by atoms with Gasteiger partial charge >= 0.3 is 0 Å². The minimum Gasteiger partial charge on any atom is -0.338 e. The van der Waals surface area contributed by atoms with E-state index in [1.54, 1.807) is 18.3 Å². The molecular formula is C32H30FN3O. The number of aromatic nitrogens is 2. The molecule has 1 amide bonds. The molecule has 37 heavy (non-hydrogen) atoms. The first-order chi connectivity index (χ1) is 18.1. The van der Waals surface area contributed by atoms with Crippen LogP contribution in [0.2, 0.25) is 0 Å². The third-order valence-electron chi connectivity index (χ3n) is 6.80. The van der Waals surface area contributed by atoms with E-state index in [2.05, 4.69) is 17.1 Å². The third-order valence-corrected chi connectivity index (χ3v) is 6.80. The Bertz CT molecular complexity index is 1480. The highest BCUT2D eigenvalue weighted by molar-refractivity contribution is 5.78. The Morgan fingerprint density at radius 3 is 2.32 bits per heavy atom. The lowest BCUT2D eigenvalue weighted by Crippen LogP contribution is -2.33. The first-order valence-electron chi connectivity index (χ1n) is 12.6. The molecule has 0 saturated heterocycles. The summed E-state index contributed by atoms with van der Waals surface area (Å²) in [7, 11) is 0. The van der Waals surface area contributed by atoms with E-state index >= 15 is 4.39 Å². The van der Waals surface area contributed by atoms with Gasteiger partial charge in [-0.05, 0) is 53.8 Å². The molecule has 0 aliphatic carbocycles. The fourth-order valence-corrected chi connectivity index (χ4v) is 4.80. The molecule has 0 aliphatic heterocycles. The van der Waals surface area contributed by atoms with Gasteiger partial charge < -0.3 is 9.30 Å². The van der Waals surface area contributed by atoms with Crippen LogP contribution in [0.5, 0.6) is 0 Å². The Kier molecular flexibility index (Phi) is 7.41. The summed E-state index contributed by atoms with van der Waals surface area (Å²) < 4.78 is 17.1. The molecule has 5 aromatic rings. The van der Waals surface area contributed by atoms with Crippen LogP contribution in [-0.4, -0.2) is 26.7 Å². The van der Waals surface area contributed by atoms with Crippen LogP contribution >= 0.6 is 0 Å². The van der Waals surface area contributed by atoms with Crippen molar-refractivity contribution in [3.63, 3.8) is 0 Å². The number of imidazole rings is 1. The lowest BCUT2D eigenvalue weighted by molar-refractivity contribution is -0.132. The Labute approximate surface area is 217 Å². The molecule has 2 aromatic heterocycles. The number of hydrogen-bond donors (Lipinski definition) is 0. The monoisotopic (exact) mass is 491 g/mol. The summed E-state index contributed by atoms with van der Waals surface area (Å²) in [4.78, 5) is 20.4. The van der Waals surface area contributed by atoms with Crippen LogP contribution in [0.15, 0.2) is 109 Å². The molecule has 5 heteroatoms. The predicted molar refractivity (Wildman–Crippen MR) is 145 cm³/mol. The van der Waals surface area contributed by atoms with Crippen LogP contribution < -0.4 is 0 Å². The van der Waals surface area contributed by atoms with E-state index in [-0.39, 0.29) is 18.1 Å². The van der Waals surface area contributed by atoms with Gasteiger partial charge in [0.05, 0.1) is 5.69 Å². The van der Waals surface area contributed by atoms with E-state index < -0.39 is 5.92 Å². The van der Waals surface area contributed by atoms with Crippen molar-refractivity contribution >= 4 is 11.6 Å². The summed E-state index contributed by atoms with van der Waals surface area (Å²) in [5, 5.41) is 0. The first kappa shape index (κ1) is 24.4. The summed E-state index contributed by atoms with van der Waals surface area (Å²) in [6, 6.07) is 30.9. The summed E-state index contributed by atoms with van der Waals surface area (Å²) in [5.41, 5.74) is 5.43. The van der Waals surface area contributed by atoms with Crippen LogP contribution in [0.25, 0.3) is 5.65 Å². The predicted octanol–water partition coefficient (Wildman–Crippen LogP) is 6.58. The number of halogens is 1. The molecule has 0 bridgehead atoms. The van der Waals surface area contributed by atoms with Gasteiger partial charge in [0.25, 0.3) is 0 Å². The number of aryl methyl sites for hydroxylation is 1. The van der Waals surface area contributed by atoms with Crippen LogP contribution in [0.4, 0.5) is 4.39 Å². The molecule has 186 valence electrons. The highest BCUT2D eigenvalue weighted by Gasteiger charge is 2.27. The molecule has 0 radical (unpaired) electrons. The van der Waals surface area contributed by atoms with Crippen molar-refractivity contribution in [3.05, 3.63) is 143 Å². The molecule has 0 spiro atoms. The van der Waals surface area contributed by atoms with Gasteiger partial charge in [-0.25, -0.2) is 9.37 Å². The first-order valence-corrected chi connectivity index (χ1v) is 12.6. The smallest absolute Gasteiger partial charge is 0.223 e. The van der Waals surface area contributed by atoms with E-state index in [1.165, 1.54) is 11.6 Å². The minimum atomic E-state index is -0.471. The maximum absolute atomic E-state index is 15.1. The molecule has 3 aromatic carbocycles. The summed E-state index contributed by atoms with van der Waals surface area (Å²) in [6.07, 6.45) is 4.61. The molecule has 2 heterocycles. The molecule has 1 atom stereocenters. The Morgan fingerprint density at radius 2 is 1.59 bits per heavy atom. The number of nitrogens with zero attached hydrogens (tertiary/aromatic N) is 3. The average molecular weight is 492 g/mol. The number of carbonyl (C=O) groups excluding carboxylic acids is 1. The van der Waals surface area contributed by atoms with Gasteiger partial charge in [0.15, 0.2) is 0 Å². The molecule has 1 unspecified atom stereocenters. The summed E-state index contributed by atoms with van der Waals surface area (Å²) in [5.74, 6) is -0.808. The van der Waals surface area contributed by atoms with Gasteiger partial charge in [-0.2, -0.15) is 0 Å². The number of rotatable bonds is 9. The van der Waals surface area contributed by atoms with Crippen molar-refractivity contribution in [2.24, 2.45) is 0 Å². The van der Waals surface area contributed by atoms with E-state index in [0.717, 1.165) is 28.9 Å². The molecule has 0 aliphatic rings. The number of fused-ring (bicyclic) bond motifs is 1. The minimum absolute atomic E-state index is 0.0184. The lowest BCUT2D eigenvalue weighted by atomic mass is 9.91. The van der Waals surface area contributed by atoms with Gasteiger partial charge in [-0.3, -0.25) is 4.79 Å². The van der Waals surface area contributed by atoms with E-state index in [4.69, 9.17) is 0 Å². The second kappa shape index (κ2) is 11.2. The topological polar surface area (TPSA) is 37.6 Å². The van der Waals surface area contributed by atoms with Crippen molar-refractivity contribution in [1.29, 1.82) is 0 Å². The molecule has 0 fully saturated rings. The van der Waals surface area contributed by atoms with Crippen LogP contribution in [-0.2, 0) is 17.8 Å². The second-order valence-corrected chi connectivity index (χ2v) is 9.43. The fraction of sp³-hybridized carbons (Fsp3) is 0.188. The van der Waals surface area contributed by atoms with Crippen LogP contribution in [0.1, 0.15) is 40.3 Å². The van der Waals surface area contributed by atoms with Crippen molar-refractivity contribution in [2.45, 2.75) is 32.2 Å². The number of carbonyl (C=O) groups is 1. The van der Waals surface area contributed by atoms with Crippen molar-refractivity contribution < 1.29 is 9.18 Å². The van der Waals surface area contributed by atoms with E-state index in [1.807, 2.05) is 89.2 Å². The maximum Gasteiger partial charge on any atom is 0.223 e. The fourth-order valence-electron chi connectivity index (χ4n) is 4.80. The zero-order valence-corrected chi connectivity index (χ0v) is 20.9. The molecule has 0 saturated carbocycles. The largest absolute Gasteiger partial charge is 0.338 e. The van der Waals surface area contributed by atoms with Crippen molar-refractivity contribution in [1.82, 2.24) is 14.3 Å². The highest BCUT2D eigenvalue weighted by Crippen LogP contribution is 2.31. The number of benzene rings is 3. The van der Waals surface area contributed by atoms with Gasteiger partial charge in [0.2, 0.25) is 5.91 Å². The van der Waals surface area contributed by atoms with E-state index in [9.17, 15) is 4.79 Å². The lowest BCUT2D eigenvalue weighted by Gasteiger charge is -2.26. The normalized spacial score (nSPS) is 11.9. The summed E-state index contributed by atoms with van der Waals surface area (Å²) in [6.45, 7) is 3.09. The number of pyridine rings is 1. The van der Waals surface area contributed by atoms with Crippen LogP contribution in [0.3, 0.4) is 0 Å². The van der Waals surface area contributed by atoms with Gasteiger partial charge in [-0.15, -0.1) is 0 Å². The maximum atomic E-state index is 15.1. The molecular weight excluding hydrogens is 461 g/mol. The molecule has 5 rings (SSSR count). The third kappa shape index (κ3) is 5.78. The van der Waals surface area contributed by atoms with Gasteiger partial charge in [-0.1, -0.05) is 78.9 Å². The summed E-state index contributed by atoms with van der Waals surface area (Å²) >= 11 is 0. The molecule has 0 N–H and O–H groups in total. The Balaban J connectivity index is 1.47. The van der Waals surface area contributed by atoms with Gasteiger partial charge in [0.1, 0.15) is 11.5 Å². The zero-order chi connectivity index (χ0) is 25.6. The number of hydrogen-bond acceptors (Lipinski definition) is 2. The van der Waals surface area contributed by atoms with Crippen molar-refractivity contribution in [3.8, 4) is 0 Å². The number of amides is 1. The molecule has 4 nitrogen and oxygen atoms in total. The van der Waals surface area contributed by atoms with Crippen molar-refractivity contribution in [2.75, 3.05) is 6.54 Å². The quantitative estimate of drug-likeness (QED) is 0.234. The SMILES string of the molecule is Cc1ccn2c(C(CC(=O)N(CCc3ccccc3)Cc3ccccc3)c3ccccc3F)cnc2c1. The zero-order valence-electron chi connectivity index (χ0n) is 20.9.